The molecule has 0 radical (unpaired) electrons. The molecule has 1 saturated heterocycles. The van der Waals surface area contributed by atoms with E-state index in [-0.39, 0.29) is 23.5 Å². The summed E-state index contributed by atoms with van der Waals surface area (Å²) in [5, 5.41) is 3.55. The Morgan fingerprint density at radius 3 is 2.85 bits per heavy atom. The van der Waals surface area contributed by atoms with Crippen molar-refractivity contribution in [2.45, 2.75) is 6.92 Å². The van der Waals surface area contributed by atoms with Gasteiger partial charge in [-0.1, -0.05) is 6.07 Å². The molecule has 0 atom stereocenters. The van der Waals surface area contributed by atoms with E-state index in [1.807, 2.05) is 6.92 Å². The number of nitrogens with zero attached hydrogens (tertiary/aromatic N) is 1. The van der Waals surface area contributed by atoms with Crippen molar-refractivity contribution in [2.75, 3.05) is 19.6 Å². The molecule has 0 aliphatic carbocycles. The molecular formula is C19H18FN3O3. The largest absolute Gasteiger partial charge is 0.472 e. The molecule has 1 fully saturated rings. The number of likely N-dealkylation sites (tertiary alicyclic amines) is 1. The summed E-state index contributed by atoms with van der Waals surface area (Å²) < 4.78 is 18.8. The summed E-state index contributed by atoms with van der Waals surface area (Å²) in [5.74, 6) is -0.516. The number of nitrogens with one attached hydrogen (secondary N) is 2. The van der Waals surface area contributed by atoms with Gasteiger partial charge >= 0.3 is 0 Å². The molecule has 0 spiro atoms. The predicted molar refractivity (Wildman–Crippen MR) is 93.4 cm³/mol. The van der Waals surface area contributed by atoms with E-state index in [0.717, 1.165) is 5.56 Å². The van der Waals surface area contributed by atoms with Crippen LogP contribution in [0, 0.1) is 18.7 Å². The first-order chi connectivity index (χ1) is 12.5. The third-order valence-electron chi connectivity index (χ3n) is 4.77. The number of hydrogen-bond acceptors (Lipinski definition) is 3. The number of hydrogen-bond donors (Lipinski definition) is 2. The number of carbonyl (C=O) groups excluding carboxylic acids is 2. The fraction of sp³-hybridized carbons (Fsp3) is 0.263. The zero-order valence-corrected chi connectivity index (χ0v) is 14.2. The lowest BCUT2D eigenvalue weighted by Gasteiger charge is -2.39. The van der Waals surface area contributed by atoms with Crippen molar-refractivity contribution in [3.8, 4) is 0 Å². The Balaban J connectivity index is 1.33. The van der Waals surface area contributed by atoms with E-state index < -0.39 is 0 Å². The van der Waals surface area contributed by atoms with Crippen LogP contribution >= 0.6 is 0 Å². The highest BCUT2D eigenvalue weighted by molar-refractivity contribution is 5.99. The van der Waals surface area contributed by atoms with E-state index in [1.165, 1.54) is 18.6 Å². The second-order valence-electron chi connectivity index (χ2n) is 6.63. The summed E-state index contributed by atoms with van der Waals surface area (Å²) >= 11 is 0. The monoisotopic (exact) mass is 355 g/mol. The van der Waals surface area contributed by atoms with Gasteiger partial charge in [0.25, 0.3) is 11.8 Å². The van der Waals surface area contributed by atoms with Crippen molar-refractivity contribution in [2.24, 2.45) is 5.92 Å². The average Bonchev–Trinajstić information content (AvgIpc) is 3.26. The fourth-order valence-corrected chi connectivity index (χ4v) is 3.21. The van der Waals surface area contributed by atoms with Crippen LogP contribution in [-0.4, -0.2) is 41.3 Å². The Morgan fingerprint density at radius 2 is 2.15 bits per heavy atom. The summed E-state index contributed by atoms with van der Waals surface area (Å²) in [4.78, 5) is 29.0. The molecule has 134 valence electrons. The molecule has 0 unspecified atom stereocenters. The van der Waals surface area contributed by atoms with Crippen molar-refractivity contribution in [1.82, 2.24) is 15.2 Å². The van der Waals surface area contributed by atoms with Crippen LogP contribution in [0.1, 0.15) is 26.4 Å². The van der Waals surface area contributed by atoms with Crippen molar-refractivity contribution < 1.29 is 18.4 Å². The SMILES string of the molecule is Cc1ccc(F)c2[nH]c(C(=O)NCC3CN(C(=O)c4ccoc4)C3)cc12. The number of H-pyrrole nitrogens is 1. The first kappa shape index (κ1) is 16.4. The van der Waals surface area contributed by atoms with Gasteiger partial charge in [0.1, 0.15) is 17.8 Å². The quantitative estimate of drug-likeness (QED) is 0.755. The third-order valence-corrected chi connectivity index (χ3v) is 4.77. The highest BCUT2D eigenvalue weighted by Crippen LogP contribution is 2.23. The molecular weight excluding hydrogens is 337 g/mol. The van der Waals surface area contributed by atoms with Crippen LogP contribution in [0.2, 0.25) is 0 Å². The number of aryl methyl sites for hydroxylation is 1. The molecule has 7 heteroatoms. The van der Waals surface area contributed by atoms with Gasteiger partial charge in [0.2, 0.25) is 0 Å². The van der Waals surface area contributed by atoms with Crippen molar-refractivity contribution in [3.63, 3.8) is 0 Å². The van der Waals surface area contributed by atoms with Gasteiger partial charge in [0, 0.05) is 30.9 Å². The second-order valence-corrected chi connectivity index (χ2v) is 6.63. The number of furan rings is 1. The summed E-state index contributed by atoms with van der Waals surface area (Å²) in [6.45, 7) is 3.51. The van der Waals surface area contributed by atoms with E-state index in [0.29, 0.717) is 41.8 Å². The zero-order valence-electron chi connectivity index (χ0n) is 14.2. The maximum absolute atomic E-state index is 13.8. The van der Waals surface area contributed by atoms with E-state index in [9.17, 15) is 14.0 Å². The first-order valence-electron chi connectivity index (χ1n) is 8.40. The maximum atomic E-state index is 13.8. The lowest BCUT2D eigenvalue weighted by atomic mass is 9.99. The third kappa shape index (κ3) is 2.85. The Morgan fingerprint density at radius 1 is 1.35 bits per heavy atom. The minimum atomic E-state index is -0.378. The molecule has 4 rings (SSSR count). The van der Waals surface area contributed by atoms with Gasteiger partial charge in [-0.05, 0) is 30.7 Å². The standard InChI is InChI=1S/C19H18FN3O3/c1-11-2-3-15(20)17-14(11)6-16(22-17)18(24)21-7-12-8-23(9-12)19(25)13-4-5-26-10-13/h2-6,10,12,22H,7-9H2,1H3,(H,21,24). The normalized spacial score (nSPS) is 14.5. The predicted octanol–water partition coefficient (Wildman–Crippen LogP) is 2.71. The number of halogens is 1. The number of aromatic nitrogens is 1. The van der Waals surface area contributed by atoms with Crippen LogP contribution in [0.4, 0.5) is 4.39 Å². The second kappa shape index (κ2) is 6.33. The van der Waals surface area contributed by atoms with E-state index in [4.69, 9.17) is 4.42 Å². The molecule has 2 aromatic heterocycles. The smallest absolute Gasteiger partial charge is 0.267 e. The lowest BCUT2D eigenvalue weighted by Crippen LogP contribution is -2.53. The molecule has 26 heavy (non-hydrogen) atoms. The first-order valence-corrected chi connectivity index (χ1v) is 8.40. The number of rotatable bonds is 4. The van der Waals surface area contributed by atoms with Crippen LogP contribution in [0.5, 0.6) is 0 Å². The zero-order chi connectivity index (χ0) is 18.3. The average molecular weight is 355 g/mol. The van der Waals surface area contributed by atoms with Crippen molar-refractivity contribution in [1.29, 1.82) is 0 Å². The molecule has 1 aliphatic heterocycles. The summed E-state index contributed by atoms with van der Waals surface area (Å²) in [6, 6.07) is 6.37. The van der Waals surface area contributed by atoms with Gasteiger partial charge in [0.05, 0.1) is 17.3 Å². The van der Waals surface area contributed by atoms with Gasteiger partial charge < -0.3 is 19.6 Å². The lowest BCUT2D eigenvalue weighted by molar-refractivity contribution is 0.0497. The summed E-state index contributed by atoms with van der Waals surface area (Å²) in [5.41, 5.74) is 2.11. The van der Waals surface area contributed by atoms with E-state index in [2.05, 4.69) is 10.3 Å². The number of amides is 2. The van der Waals surface area contributed by atoms with Gasteiger partial charge in [-0.2, -0.15) is 0 Å². The maximum Gasteiger partial charge on any atom is 0.267 e. The number of carbonyl (C=O) groups is 2. The van der Waals surface area contributed by atoms with Crippen LogP contribution in [0.3, 0.4) is 0 Å². The van der Waals surface area contributed by atoms with Gasteiger partial charge in [-0.3, -0.25) is 9.59 Å². The Labute approximate surface area is 149 Å². The minimum Gasteiger partial charge on any atom is -0.472 e. The van der Waals surface area contributed by atoms with E-state index in [1.54, 1.807) is 23.1 Å². The topological polar surface area (TPSA) is 78.3 Å². The van der Waals surface area contributed by atoms with Crippen LogP contribution in [-0.2, 0) is 0 Å². The minimum absolute atomic E-state index is 0.0668. The van der Waals surface area contributed by atoms with Gasteiger partial charge in [-0.25, -0.2) is 4.39 Å². The van der Waals surface area contributed by atoms with Crippen molar-refractivity contribution in [3.05, 3.63) is 59.4 Å². The Kier molecular flexibility index (Phi) is 3.99. The van der Waals surface area contributed by atoms with Crippen molar-refractivity contribution >= 4 is 22.7 Å². The molecule has 2 N–H and O–H groups in total. The molecule has 6 nitrogen and oxygen atoms in total. The van der Waals surface area contributed by atoms with Gasteiger partial charge in [-0.15, -0.1) is 0 Å². The molecule has 1 aliphatic rings. The van der Waals surface area contributed by atoms with Crippen LogP contribution in [0.25, 0.3) is 10.9 Å². The summed E-state index contributed by atoms with van der Waals surface area (Å²) in [7, 11) is 0. The number of aromatic amines is 1. The molecule has 3 aromatic rings. The molecule has 2 amide bonds. The highest BCUT2D eigenvalue weighted by Gasteiger charge is 2.31. The molecule has 0 bridgehead atoms. The van der Waals surface area contributed by atoms with Crippen LogP contribution in [0.15, 0.2) is 41.2 Å². The van der Waals surface area contributed by atoms with Gasteiger partial charge in [0.15, 0.2) is 0 Å². The van der Waals surface area contributed by atoms with E-state index >= 15 is 0 Å². The fourth-order valence-electron chi connectivity index (χ4n) is 3.21. The Hall–Kier alpha value is -3.09. The van der Waals surface area contributed by atoms with Crippen LogP contribution < -0.4 is 5.32 Å². The molecule has 0 saturated carbocycles. The number of fused-ring (bicyclic) bond motifs is 1. The molecule has 1 aromatic carbocycles. The Bertz CT molecular complexity index is 932. The summed E-state index contributed by atoms with van der Waals surface area (Å²) in [6.07, 6.45) is 2.89. The number of benzene rings is 1. The highest BCUT2D eigenvalue weighted by atomic mass is 19.1. The molecule has 3 heterocycles.